The van der Waals surface area contributed by atoms with Crippen molar-refractivity contribution in [3.63, 3.8) is 0 Å². The van der Waals surface area contributed by atoms with Crippen molar-refractivity contribution < 1.29 is 0 Å². The quantitative estimate of drug-likeness (QED) is 0.485. The molecule has 1 fully saturated rings. The molecule has 0 bridgehead atoms. The maximum atomic E-state index is 3.90. The first-order valence-electron chi connectivity index (χ1n) is 8.99. The zero-order valence-corrected chi connectivity index (χ0v) is 13.7. The molecule has 0 spiro atoms. The highest BCUT2D eigenvalue weighted by Gasteiger charge is 2.21. The molecule has 1 nitrogen and oxygen atoms in total. The Kier molecular flexibility index (Phi) is 9.59. The van der Waals surface area contributed by atoms with Gasteiger partial charge in [-0.3, -0.25) is 0 Å². The van der Waals surface area contributed by atoms with Gasteiger partial charge in [-0.2, -0.15) is 0 Å². The van der Waals surface area contributed by atoms with Gasteiger partial charge in [0.15, 0.2) is 0 Å². The lowest BCUT2D eigenvalue weighted by molar-refractivity contribution is 0.376. The van der Waals surface area contributed by atoms with Crippen LogP contribution in [0.5, 0.6) is 0 Å². The van der Waals surface area contributed by atoms with Crippen LogP contribution in [0.1, 0.15) is 91.4 Å². The van der Waals surface area contributed by atoms with E-state index in [0.717, 1.165) is 17.9 Å². The summed E-state index contributed by atoms with van der Waals surface area (Å²) in [5.41, 5.74) is 0. The lowest BCUT2D eigenvalue weighted by atomic mass is 10.00. The summed E-state index contributed by atoms with van der Waals surface area (Å²) in [5.74, 6) is 1.94. The molecule has 2 unspecified atom stereocenters. The molecule has 0 radical (unpaired) electrons. The van der Waals surface area contributed by atoms with Gasteiger partial charge in [-0.05, 0) is 44.1 Å². The van der Waals surface area contributed by atoms with Crippen molar-refractivity contribution in [1.82, 2.24) is 5.32 Å². The predicted octanol–water partition coefficient (Wildman–Crippen LogP) is 5.54. The largest absolute Gasteiger partial charge is 0.314 e. The molecule has 1 saturated carbocycles. The molecule has 1 aliphatic rings. The molecule has 0 aromatic rings. The molecular weight excluding hydrogens is 230 g/mol. The topological polar surface area (TPSA) is 12.0 Å². The average Bonchev–Trinajstić information content (AvgIpc) is 2.81. The maximum absolute atomic E-state index is 3.90. The molecule has 2 atom stereocenters. The molecule has 1 N–H and O–H groups in total. The normalized spacial score (nSPS) is 23.4. The third-order valence-corrected chi connectivity index (χ3v) is 4.81. The molecule has 19 heavy (non-hydrogen) atoms. The van der Waals surface area contributed by atoms with Crippen LogP contribution in [0.4, 0.5) is 0 Å². The van der Waals surface area contributed by atoms with E-state index in [9.17, 15) is 0 Å². The molecule has 1 rings (SSSR count). The minimum absolute atomic E-state index is 0.800. The molecule has 0 aliphatic heterocycles. The second-order valence-electron chi connectivity index (χ2n) is 6.88. The Balaban J connectivity index is 2.18. The summed E-state index contributed by atoms with van der Waals surface area (Å²) in [6.07, 6.45) is 15.5. The fraction of sp³-hybridized carbons (Fsp3) is 1.00. The van der Waals surface area contributed by atoms with Gasteiger partial charge in [-0.15, -0.1) is 0 Å². The Bertz CT molecular complexity index is 192. The van der Waals surface area contributed by atoms with Gasteiger partial charge < -0.3 is 5.32 Å². The molecular formula is C18H37N. The Morgan fingerprint density at radius 1 is 0.947 bits per heavy atom. The number of unbranched alkanes of at least 4 members (excludes halogenated alkanes) is 4. The zero-order chi connectivity index (χ0) is 13.9. The van der Waals surface area contributed by atoms with Crippen LogP contribution in [0.2, 0.25) is 0 Å². The Morgan fingerprint density at radius 3 is 2.05 bits per heavy atom. The highest BCUT2D eigenvalue weighted by atomic mass is 14.9. The first-order valence-corrected chi connectivity index (χ1v) is 8.99. The summed E-state index contributed by atoms with van der Waals surface area (Å²) in [4.78, 5) is 0. The van der Waals surface area contributed by atoms with Crippen LogP contribution in [-0.2, 0) is 0 Å². The molecule has 1 heteroatoms. The van der Waals surface area contributed by atoms with Gasteiger partial charge in [0, 0.05) is 6.04 Å². The first kappa shape index (κ1) is 17.0. The van der Waals surface area contributed by atoms with Crippen LogP contribution in [0.25, 0.3) is 0 Å². The predicted molar refractivity (Wildman–Crippen MR) is 86.6 cm³/mol. The summed E-state index contributed by atoms with van der Waals surface area (Å²) < 4.78 is 0. The molecule has 0 heterocycles. The van der Waals surface area contributed by atoms with Crippen LogP contribution >= 0.6 is 0 Å². The Morgan fingerprint density at radius 2 is 1.58 bits per heavy atom. The first-order chi connectivity index (χ1) is 9.26. The van der Waals surface area contributed by atoms with E-state index in [1.807, 2.05) is 0 Å². The van der Waals surface area contributed by atoms with Gasteiger partial charge in [-0.1, -0.05) is 65.7 Å². The highest BCUT2D eigenvalue weighted by molar-refractivity contribution is 4.77. The van der Waals surface area contributed by atoms with E-state index in [1.54, 1.807) is 0 Å². The second-order valence-corrected chi connectivity index (χ2v) is 6.88. The van der Waals surface area contributed by atoms with Crippen molar-refractivity contribution in [2.75, 3.05) is 6.54 Å². The minimum atomic E-state index is 0.800. The standard InChI is InChI=1S/C18H37N/c1-4-6-8-10-18(11-9-7-5-2)19-15-17-13-12-16(3)14-17/h16-19H,4-15H2,1-3H3. The van der Waals surface area contributed by atoms with Crippen LogP contribution in [0.15, 0.2) is 0 Å². The third kappa shape index (κ3) is 7.97. The van der Waals surface area contributed by atoms with Crippen molar-refractivity contribution >= 4 is 0 Å². The number of rotatable bonds is 11. The van der Waals surface area contributed by atoms with E-state index in [2.05, 4.69) is 26.1 Å². The molecule has 0 amide bonds. The van der Waals surface area contributed by atoms with Gasteiger partial charge in [0.25, 0.3) is 0 Å². The lowest BCUT2D eigenvalue weighted by Gasteiger charge is -2.21. The van der Waals surface area contributed by atoms with E-state index in [-0.39, 0.29) is 0 Å². The Labute approximate surface area is 121 Å². The van der Waals surface area contributed by atoms with Crippen LogP contribution in [-0.4, -0.2) is 12.6 Å². The number of hydrogen-bond donors (Lipinski definition) is 1. The summed E-state index contributed by atoms with van der Waals surface area (Å²) in [6, 6.07) is 0.800. The SMILES string of the molecule is CCCCCC(CCCCC)NCC1CCC(C)C1. The zero-order valence-electron chi connectivity index (χ0n) is 13.7. The van der Waals surface area contributed by atoms with E-state index >= 15 is 0 Å². The minimum Gasteiger partial charge on any atom is -0.314 e. The van der Waals surface area contributed by atoms with E-state index in [0.29, 0.717) is 0 Å². The second kappa shape index (κ2) is 10.7. The summed E-state index contributed by atoms with van der Waals surface area (Å²) in [6.45, 7) is 8.31. The lowest BCUT2D eigenvalue weighted by Crippen LogP contribution is -2.33. The number of nitrogens with one attached hydrogen (secondary N) is 1. The van der Waals surface area contributed by atoms with Crippen molar-refractivity contribution in [2.24, 2.45) is 11.8 Å². The van der Waals surface area contributed by atoms with E-state index < -0.39 is 0 Å². The summed E-state index contributed by atoms with van der Waals surface area (Å²) >= 11 is 0. The van der Waals surface area contributed by atoms with Gasteiger partial charge in [0.1, 0.15) is 0 Å². The average molecular weight is 268 g/mol. The molecule has 0 aromatic carbocycles. The van der Waals surface area contributed by atoms with Gasteiger partial charge in [-0.25, -0.2) is 0 Å². The number of hydrogen-bond acceptors (Lipinski definition) is 1. The Hall–Kier alpha value is -0.0400. The van der Waals surface area contributed by atoms with Crippen molar-refractivity contribution in [3.05, 3.63) is 0 Å². The van der Waals surface area contributed by atoms with Gasteiger partial charge >= 0.3 is 0 Å². The smallest absolute Gasteiger partial charge is 0.00671 e. The highest BCUT2D eigenvalue weighted by Crippen LogP contribution is 2.29. The fourth-order valence-corrected chi connectivity index (χ4v) is 3.47. The van der Waals surface area contributed by atoms with Crippen molar-refractivity contribution in [3.8, 4) is 0 Å². The molecule has 0 saturated heterocycles. The van der Waals surface area contributed by atoms with E-state index in [1.165, 1.54) is 77.2 Å². The third-order valence-electron chi connectivity index (χ3n) is 4.81. The molecule has 114 valence electrons. The van der Waals surface area contributed by atoms with Crippen LogP contribution in [0, 0.1) is 11.8 Å². The summed E-state index contributed by atoms with van der Waals surface area (Å²) in [7, 11) is 0. The van der Waals surface area contributed by atoms with E-state index in [4.69, 9.17) is 0 Å². The van der Waals surface area contributed by atoms with Crippen molar-refractivity contribution in [1.29, 1.82) is 0 Å². The molecule has 0 aromatic heterocycles. The maximum Gasteiger partial charge on any atom is 0.00671 e. The van der Waals surface area contributed by atoms with Crippen LogP contribution < -0.4 is 5.32 Å². The van der Waals surface area contributed by atoms with Gasteiger partial charge in [0.05, 0.1) is 0 Å². The monoisotopic (exact) mass is 267 g/mol. The molecule has 1 aliphatic carbocycles. The van der Waals surface area contributed by atoms with Crippen LogP contribution in [0.3, 0.4) is 0 Å². The van der Waals surface area contributed by atoms with Crippen molar-refractivity contribution in [2.45, 2.75) is 97.4 Å². The van der Waals surface area contributed by atoms with Gasteiger partial charge in [0.2, 0.25) is 0 Å². The fourth-order valence-electron chi connectivity index (χ4n) is 3.47. The summed E-state index contributed by atoms with van der Waals surface area (Å²) in [5, 5.41) is 3.90.